The molecule has 1 aromatic rings. The zero-order valence-electron chi connectivity index (χ0n) is 10.5. The molecule has 5 nitrogen and oxygen atoms in total. The van der Waals surface area contributed by atoms with Crippen LogP contribution in [0.5, 0.6) is 0 Å². The lowest BCUT2D eigenvalue weighted by atomic mass is 9.95. The zero-order chi connectivity index (χ0) is 13.9. The van der Waals surface area contributed by atoms with Gasteiger partial charge >= 0.3 is 0 Å². The van der Waals surface area contributed by atoms with Gasteiger partial charge in [-0.05, 0) is 6.42 Å². The molecule has 0 bridgehead atoms. The first-order valence-electron chi connectivity index (χ1n) is 6.00. The molecule has 19 heavy (non-hydrogen) atoms. The van der Waals surface area contributed by atoms with Gasteiger partial charge in [0.15, 0.2) is 5.15 Å². The van der Waals surface area contributed by atoms with Crippen molar-refractivity contribution in [2.45, 2.75) is 25.3 Å². The van der Waals surface area contributed by atoms with Gasteiger partial charge in [0.05, 0.1) is 30.4 Å². The third kappa shape index (κ3) is 3.44. The van der Waals surface area contributed by atoms with E-state index >= 15 is 0 Å². The first-order chi connectivity index (χ1) is 9.07. The lowest BCUT2D eigenvalue weighted by Gasteiger charge is -2.41. The maximum absolute atomic E-state index is 12.0. The second-order valence-corrected chi connectivity index (χ2v) is 6.46. The Balaban J connectivity index is 2.16. The van der Waals surface area contributed by atoms with Crippen molar-refractivity contribution >= 4 is 34.2 Å². The van der Waals surface area contributed by atoms with Gasteiger partial charge in [0.2, 0.25) is 0 Å². The minimum atomic E-state index is -1.14. The van der Waals surface area contributed by atoms with Crippen molar-refractivity contribution in [3.8, 4) is 0 Å². The van der Waals surface area contributed by atoms with Crippen molar-refractivity contribution in [3.05, 3.63) is 22.2 Å². The standard InChI is InChI=1S/C11H15Cl2N3O2S/c1-2-3-4-19(17)16-11(6-18-7-11)9-10(13)15-8(12)5-14-9/h5,16H,2-4,6-7H2,1H3. The Morgan fingerprint density at radius 1 is 1.53 bits per heavy atom. The Morgan fingerprint density at radius 3 is 2.79 bits per heavy atom. The smallest absolute Gasteiger partial charge is 0.154 e. The topological polar surface area (TPSA) is 64.1 Å². The predicted molar refractivity (Wildman–Crippen MR) is 75.6 cm³/mol. The van der Waals surface area contributed by atoms with E-state index in [9.17, 15) is 4.21 Å². The molecule has 1 aliphatic rings. The van der Waals surface area contributed by atoms with Gasteiger partial charge in [-0.25, -0.2) is 13.9 Å². The second kappa shape index (κ2) is 6.45. The van der Waals surface area contributed by atoms with Crippen LogP contribution < -0.4 is 4.72 Å². The maximum atomic E-state index is 12.0. The van der Waals surface area contributed by atoms with Crippen LogP contribution in [-0.4, -0.2) is 33.1 Å². The van der Waals surface area contributed by atoms with Crippen LogP contribution in [0.3, 0.4) is 0 Å². The monoisotopic (exact) mass is 323 g/mol. The Kier molecular flexibility index (Phi) is 5.14. The second-order valence-electron chi connectivity index (χ2n) is 4.41. The Hall–Kier alpha value is -0.270. The van der Waals surface area contributed by atoms with Gasteiger partial charge in [0.25, 0.3) is 0 Å². The third-order valence-corrected chi connectivity index (χ3v) is 4.57. The van der Waals surface area contributed by atoms with Crippen LogP contribution >= 0.6 is 23.2 Å². The van der Waals surface area contributed by atoms with Crippen molar-refractivity contribution in [3.63, 3.8) is 0 Å². The van der Waals surface area contributed by atoms with E-state index in [0.717, 1.165) is 12.8 Å². The fourth-order valence-corrected chi connectivity index (χ4v) is 3.56. The zero-order valence-corrected chi connectivity index (χ0v) is 12.8. The average Bonchev–Trinajstić information content (AvgIpc) is 2.32. The number of hydrogen-bond donors (Lipinski definition) is 1. The Morgan fingerprint density at radius 2 is 2.26 bits per heavy atom. The molecule has 0 amide bonds. The summed E-state index contributed by atoms with van der Waals surface area (Å²) in [4.78, 5) is 8.17. The molecule has 2 heterocycles. The molecule has 0 aromatic carbocycles. The van der Waals surface area contributed by atoms with Gasteiger partial charge in [-0.15, -0.1) is 0 Å². The van der Waals surface area contributed by atoms with Crippen LogP contribution in [-0.2, 0) is 21.3 Å². The van der Waals surface area contributed by atoms with E-state index in [1.807, 2.05) is 0 Å². The van der Waals surface area contributed by atoms with E-state index in [-0.39, 0.29) is 10.3 Å². The van der Waals surface area contributed by atoms with Gasteiger partial charge in [-0.2, -0.15) is 0 Å². The molecular weight excluding hydrogens is 309 g/mol. The molecule has 106 valence electrons. The minimum absolute atomic E-state index is 0.218. The summed E-state index contributed by atoms with van der Waals surface area (Å²) in [5, 5.41) is 0.451. The maximum Gasteiger partial charge on any atom is 0.154 e. The predicted octanol–water partition coefficient (Wildman–Crippen LogP) is 2.06. The van der Waals surface area contributed by atoms with Crippen molar-refractivity contribution in [2.75, 3.05) is 19.0 Å². The van der Waals surface area contributed by atoms with Crippen LogP contribution in [0.2, 0.25) is 10.3 Å². The number of nitrogens with zero attached hydrogens (tertiary/aromatic N) is 2. The number of rotatable bonds is 6. The first-order valence-corrected chi connectivity index (χ1v) is 8.07. The fourth-order valence-electron chi connectivity index (χ4n) is 1.76. The molecule has 1 fully saturated rings. The largest absolute Gasteiger partial charge is 0.377 e. The highest BCUT2D eigenvalue weighted by atomic mass is 35.5. The molecule has 0 aliphatic carbocycles. The normalized spacial score (nSPS) is 18.9. The summed E-state index contributed by atoms with van der Waals surface area (Å²) in [7, 11) is -1.14. The van der Waals surface area contributed by atoms with E-state index in [1.54, 1.807) is 0 Å². The summed E-state index contributed by atoms with van der Waals surface area (Å²) in [5.41, 5.74) is -0.0811. The fraction of sp³-hybridized carbons (Fsp3) is 0.636. The van der Waals surface area contributed by atoms with E-state index in [4.69, 9.17) is 27.9 Å². The molecule has 0 spiro atoms. The number of unbranched alkanes of at least 4 members (excludes halogenated alkanes) is 1. The number of ether oxygens (including phenoxy) is 1. The highest BCUT2D eigenvalue weighted by molar-refractivity contribution is 7.83. The summed E-state index contributed by atoms with van der Waals surface area (Å²) >= 11 is 11.8. The van der Waals surface area contributed by atoms with Crippen molar-refractivity contribution in [2.24, 2.45) is 0 Å². The minimum Gasteiger partial charge on any atom is -0.377 e. The summed E-state index contributed by atoms with van der Waals surface area (Å²) in [6.07, 6.45) is 3.33. The lowest BCUT2D eigenvalue weighted by molar-refractivity contribution is -0.0680. The summed E-state index contributed by atoms with van der Waals surface area (Å²) in [6, 6.07) is 0. The van der Waals surface area contributed by atoms with Crippen molar-refractivity contribution < 1.29 is 8.95 Å². The van der Waals surface area contributed by atoms with E-state index in [2.05, 4.69) is 21.6 Å². The van der Waals surface area contributed by atoms with E-state index in [1.165, 1.54) is 6.20 Å². The van der Waals surface area contributed by atoms with E-state index < -0.39 is 16.5 Å². The van der Waals surface area contributed by atoms with Gasteiger partial charge in [0, 0.05) is 5.75 Å². The number of aromatic nitrogens is 2. The molecule has 8 heteroatoms. The first kappa shape index (κ1) is 15.1. The van der Waals surface area contributed by atoms with Crippen LogP contribution in [0.15, 0.2) is 6.20 Å². The highest BCUT2D eigenvalue weighted by Gasteiger charge is 2.45. The molecule has 0 radical (unpaired) electrons. The SMILES string of the molecule is CCCCS(=O)NC1(c2ncc(Cl)nc2Cl)COC1. The number of halogens is 2. The van der Waals surface area contributed by atoms with Gasteiger partial charge in [0.1, 0.15) is 16.4 Å². The van der Waals surface area contributed by atoms with Crippen LogP contribution in [0.4, 0.5) is 0 Å². The number of hydrogen-bond acceptors (Lipinski definition) is 4. The molecule has 1 N–H and O–H groups in total. The Labute approximate surface area is 124 Å². The molecule has 0 saturated carbocycles. The van der Waals surface area contributed by atoms with Gasteiger partial charge < -0.3 is 4.74 Å². The molecule has 2 rings (SSSR count). The Bertz CT molecular complexity index is 483. The molecule has 1 unspecified atom stereocenters. The quantitative estimate of drug-likeness (QED) is 0.870. The van der Waals surface area contributed by atoms with Gasteiger partial charge in [-0.3, -0.25) is 4.98 Å². The van der Waals surface area contributed by atoms with Gasteiger partial charge in [-0.1, -0.05) is 36.5 Å². The highest BCUT2D eigenvalue weighted by Crippen LogP contribution is 2.32. The lowest BCUT2D eigenvalue weighted by Crippen LogP contribution is -2.59. The van der Waals surface area contributed by atoms with Crippen molar-refractivity contribution in [1.82, 2.24) is 14.7 Å². The molecule has 1 atom stereocenters. The van der Waals surface area contributed by atoms with Crippen molar-refractivity contribution in [1.29, 1.82) is 0 Å². The van der Waals surface area contributed by atoms with Crippen LogP contribution in [0.25, 0.3) is 0 Å². The van der Waals surface area contributed by atoms with E-state index in [0.29, 0.717) is 24.7 Å². The summed E-state index contributed by atoms with van der Waals surface area (Å²) in [5.74, 6) is 0.594. The van der Waals surface area contributed by atoms with Crippen LogP contribution in [0, 0.1) is 0 Å². The summed E-state index contributed by atoms with van der Waals surface area (Å²) < 4.78 is 20.3. The molecule has 1 aliphatic heterocycles. The molecular formula is C11H15Cl2N3O2S. The third-order valence-electron chi connectivity index (χ3n) is 2.84. The van der Waals surface area contributed by atoms with Crippen LogP contribution in [0.1, 0.15) is 25.5 Å². The summed E-state index contributed by atoms with van der Waals surface area (Å²) in [6.45, 7) is 2.81. The molecule has 1 saturated heterocycles. The number of nitrogens with one attached hydrogen (secondary N) is 1. The average molecular weight is 324 g/mol. The molecule has 1 aromatic heterocycles.